The molecule has 2 aliphatic heterocycles. The number of nitrogens with zero attached hydrogens (tertiary/aromatic N) is 2. The summed E-state index contributed by atoms with van der Waals surface area (Å²) in [6.45, 7) is 10.7. The zero-order valence-electron chi connectivity index (χ0n) is 7.71. The molecule has 0 aliphatic carbocycles. The van der Waals surface area contributed by atoms with Gasteiger partial charge in [-0.15, -0.1) is 0 Å². The molecule has 2 saturated heterocycles. The summed E-state index contributed by atoms with van der Waals surface area (Å²) in [6, 6.07) is 0. The highest BCUT2D eigenvalue weighted by molar-refractivity contribution is 4.69. The summed E-state index contributed by atoms with van der Waals surface area (Å²) in [5.41, 5.74) is 0. The molecule has 0 unspecified atom stereocenters. The molecule has 2 aliphatic rings. The average Bonchev–Trinajstić information content (AvgIpc) is 1.92. The van der Waals surface area contributed by atoms with E-state index in [1.54, 1.807) is 0 Å². The third-order valence-corrected chi connectivity index (χ3v) is 3.31. The van der Waals surface area contributed by atoms with E-state index < -0.39 is 0 Å². The summed E-state index contributed by atoms with van der Waals surface area (Å²) in [5.74, 6) is 0.999. The fourth-order valence-corrected chi connectivity index (χ4v) is 2.62. The Balaban J connectivity index is 1.88. The third-order valence-electron chi connectivity index (χ3n) is 3.31. The van der Waals surface area contributed by atoms with Crippen LogP contribution in [0.3, 0.4) is 0 Å². The lowest BCUT2D eigenvalue weighted by atomic mass is 9.96. The van der Waals surface area contributed by atoms with E-state index in [0.29, 0.717) is 0 Å². The van der Waals surface area contributed by atoms with Gasteiger partial charge in [-0.2, -0.15) is 0 Å². The summed E-state index contributed by atoms with van der Waals surface area (Å²) < 4.78 is 1.44. The molecule has 0 aromatic carbocycles. The van der Waals surface area contributed by atoms with Crippen molar-refractivity contribution in [2.24, 2.45) is 5.92 Å². The summed E-state index contributed by atoms with van der Waals surface area (Å²) in [4.78, 5) is 2.45. The molecule has 11 heavy (non-hydrogen) atoms. The molecule has 0 saturated carbocycles. The van der Waals surface area contributed by atoms with E-state index in [4.69, 9.17) is 0 Å². The minimum Gasteiger partial charge on any atom is -0.321 e. The molecule has 0 bridgehead atoms. The number of hydrogen-bond donors (Lipinski definition) is 0. The first-order valence-electron chi connectivity index (χ1n) is 4.74. The zero-order valence-corrected chi connectivity index (χ0v) is 7.71. The quantitative estimate of drug-likeness (QED) is 0.458. The fraction of sp³-hybridized carbons (Fsp3) is 1.00. The van der Waals surface area contributed by atoms with Crippen molar-refractivity contribution in [3.05, 3.63) is 0 Å². The van der Waals surface area contributed by atoms with Gasteiger partial charge >= 0.3 is 0 Å². The summed E-state index contributed by atoms with van der Waals surface area (Å²) in [6.07, 6.45) is 0. The third kappa shape index (κ3) is 1.30. The molecule has 0 atom stereocenters. The Labute approximate surface area is 69.4 Å². The number of piperazine rings is 1. The van der Waals surface area contributed by atoms with Gasteiger partial charge in [0, 0.05) is 13.1 Å². The SMILES string of the molecule is CC1C[N+]2(CCN(C)CC2)C1. The van der Waals surface area contributed by atoms with E-state index in [2.05, 4.69) is 18.9 Å². The van der Waals surface area contributed by atoms with Crippen LogP contribution < -0.4 is 0 Å². The summed E-state index contributed by atoms with van der Waals surface area (Å²) in [5, 5.41) is 0. The Morgan fingerprint density at radius 3 is 2.18 bits per heavy atom. The lowest BCUT2D eigenvalue weighted by molar-refractivity contribution is -0.976. The highest BCUT2D eigenvalue weighted by Crippen LogP contribution is 2.26. The predicted molar refractivity (Wildman–Crippen MR) is 46.4 cm³/mol. The number of hydrogen-bond acceptors (Lipinski definition) is 1. The summed E-state index contributed by atoms with van der Waals surface area (Å²) in [7, 11) is 2.23. The first-order valence-corrected chi connectivity index (χ1v) is 4.74. The Bertz CT molecular complexity index is 140. The van der Waals surface area contributed by atoms with Gasteiger partial charge in [0.15, 0.2) is 0 Å². The molecule has 2 rings (SSSR count). The van der Waals surface area contributed by atoms with Crippen LogP contribution in [0.25, 0.3) is 0 Å². The van der Waals surface area contributed by atoms with Gasteiger partial charge in [-0.1, -0.05) is 6.92 Å². The van der Waals surface area contributed by atoms with Crippen molar-refractivity contribution in [3.8, 4) is 0 Å². The average molecular weight is 155 g/mol. The van der Waals surface area contributed by atoms with Crippen molar-refractivity contribution in [1.29, 1.82) is 0 Å². The molecule has 0 radical (unpaired) electrons. The van der Waals surface area contributed by atoms with Crippen molar-refractivity contribution in [2.45, 2.75) is 6.92 Å². The van der Waals surface area contributed by atoms with Gasteiger partial charge < -0.3 is 4.48 Å². The van der Waals surface area contributed by atoms with Crippen LogP contribution in [0.4, 0.5) is 0 Å². The van der Waals surface area contributed by atoms with E-state index in [1.165, 1.54) is 43.8 Å². The highest BCUT2D eigenvalue weighted by Gasteiger charge is 2.42. The van der Waals surface area contributed by atoms with Crippen molar-refractivity contribution >= 4 is 0 Å². The van der Waals surface area contributed by atoms with E-state index >= 15 is 0 Å². The predicted octanol–water partition coefficient (Wildman–Crippen LogP) is 0.398. The van der Waals surface area contributed by atoms with E-state index in [1.807, 2.05) is 0 Å². The van der Waals surface area contributed by atoms with Crippen LogP contribution in [0.1, 0.15) is 6.92 Å². The number of quaternary nitrogens is 1. The van der Waals surface area contributed by atoms with Crippen molar-refractivity contribution in [3.63, 3.8) is 0 Å². The first-order chi connectivity index (χ1) is 5.20. The molecule has 2 heteroatoms. The lowest BCUT2D eigenvalue weighted by Gasteiger charge is -2.53. The topological polar surface area (TPSA) is 3.24 Å². The van der Waals surface area contributed by atoms with Crippen molar-refractivity contribution in [2.75, 3.05) is 46.3 Å². The summed E-state index contributed by atoms with van der Waals surface area (Å²) >= 11 is 0. The van der Waals surface area contributed by atoms with Crippen LogP contribution in [0.15, 0.2) is 0 Å². The second kappa shape index (κ2) is 2.46. The molecule has 2 fully saturated rings. The Morgan fingerprint density at radius 2 is 1.73 bits per heavy atom. The highest BCUT2D eigenvalue weighted by atomic mass is 15.4. The lowest BCUT2D eigenvalue weighted by Crippen LogP contribution is -2.68. The Kier molecular flexibility index (Phi) is 1.69. The molecule has 0 amide bonds. The van der Waals surface area contributed by atoms with Crippen LogP contribution in [-0.4, -0.2) is 55.7 Å². The zero-order chi connectivity index (χ0) is 7.90. The Morgan fingerprint density at radius 1 is 1.18 bits per heavy atom. The number of rotatable bonds is 0. The molecule has 2 nitrogen and oxygen atoms in total. The molecular weight excluding hydrogens is 136 g/mol. The van der Waals surface area contributed by atoms with Gasteiger partial charge in [0.1, 0.15) is 0 Å². The maximum Gasteiger partial charge on any atom is 0.0916 e. The van der Waals surface area contributed by atoms with Gasteiger partial charge in [0.2, 0.25) is 0 Å². The smallest absolute Gasteiger partial charge is 0.0916 e. The molecule has 1 spiro atoms. The van der Waals surface area contributed by atoms with Crippen LogP contribution in [0.2, 0.25) is 0 Å². The van der Waals surface area contributed by atoms with Crippen LogP contribution in [-0.2, 0) is 0 Å². The standard InChI is InChI=1S/C9H19N2/c1-9-7-11(8-9)5-3-10(2)4-6-11/h9H,3-8H2,1-2H3/q+1. The molecule has 0 aromatic rings. The Hall–Kier alpha value is -0.0800. The van der Waals surface area contributed by atoms with Gasteiger partial charge in [-0.05, 0) is 7.05 Å². The second-order valence-electron chi connectivity index (χ2n) is 4.56. The normalized spacial score (nSPS) is 32.2. The van der Waals surface area contributed by atoms with Crippen molar-refractivity contribution < 1.29 is 4.48 Å². The largest absolute Gasteiger partial charge is 0.321 e. The van der Waals surface area contributed by atoms with Gasteiger partial charge in [-0.3, -0.25) is 4.90 Å². The second-order valence-corrected chi connectivity index (χ2v) is 4.56. The van der Waals surface area contributed by atoms with E-state index in [9.17, 15) is 0 Å². The van der Waals surface area contributed by atoms with Gasteiger partial charge in [0.25, 0.3) is 0 Å². The molecule has 2 heterocycles. The molecule has 0 N–H and O–H groups in total. The van der Waals surface area contributed by atoms with Gasteiger partial charge in [0.05, 0.1) is 32.1 Å². The maximum atomic E-state index is 2.45. The maximum absolute atomic E-state index is 2.45. The van der Waals surface area contributed by atoms with Crippen molar-refractivity contribution in [1.82, 2.24) is 4.90 Å². The molecular formula is C9H19N2+. The van der Waals surface area contributed by atoms with Crippen LogP contribution >= 0.6 is 0 Å². The van der Waals surface area contributed by atoms with Crippen LogP contribution in [0.5, 0.6) is 0 Å². The van der Waals surface area contributed by atoms with E-state index in [0.717, 1.165) is 5.92 Å². The monoisotopic (exact) mass is 155 g/mol. The minimum absolute atomic E-state index is 0.999. The minimum atomic E-state index is 0.999. The first kappa shape index (κ1) is 7.56. The molecule has 0 aromatic heterocycles. The van der Waals surface area contributed by atoms with E-state index in [-0.39, 0.29) is 0 Å². The fourth-order valence-electron chi connectivity index (χ4n) is 2.62. The molecule has 64 valence electrons. The van der Waals surface area contributed by atoms with Crippen LogP contribution in [0, 0.1) is 5.92 Å². The number of likely N-dealkylation sites (N-methyl/N-ethyl adjacent to an activating group) is 1. The van der Waals surface area contributed by atoms with Gasteiger partial charge in [-0.25, -0.2) is 0 Å².